The molecule has 1 N–H and O–H groups in total. The van der Waals surface area contributed by atoms with E-state index in [0.29, 0.717) is 18.1 Å². The first-order valence-electron chi connectivity index (χ1n) is 7.38. The predicted octanol–water partition coefficient (Wildman–Crippen LogP) is 4.19. The summed E-state index contributed by atoms with van der Waals surface area (Å²) in [4.78, 5) is 11.9. The summed E-state index contributed by atoms with van der Waals surface area (Å²) in [7, 11) is 0. The van der Waals surface area contributed by atoms with Gasteiger partial charge in [-0.15, -0.1) is 11.8 Å². The molecule has 0 aliphatic rings. The second kappa shape index (κ2) is 8.58. The zero-order chi connectivity index (χ0) is 16.7. The topological polar surface area (TPSA) is 38.3 Å². The van der Waals surface area contributed by atoms with E-state index in [9.17, 15) is 9.18 Å². The first-order chi connectivity index (χ1) is 11.1. The Morgan fingerprint density at radius 3 is 2.78 bits per heavy atom. The average Bonchev–Trinajstić information content (AvgIpc) is 2.52. The van der Waals surface area contributed by atoms with Crippen molar-refractivity contribution in [1.29, 1.82) is 0 Å². The number of benzene rings is 2. The lowest BCUT2D eigenvalue weighted by molar-refractivity contribution is -0.113. The summed E-state index contributed by atoms with van der Waals surface area (Å²) >= 11 is 1.46. The second-order valence-electron chi connectivity index (χ2n) is 5.20. The number of nitrogens with one attached hydrogen (secondary N) is 1. The maximum atomic E-state index is 13.3. The molecule has 0 aromatic heterocycles. The number of ether oxygens (including phenoxy) is 1. The van der Waals surface area contributed by atoms with Crippen LogP contribution in [-0.4, -0.2) is 24.0 Å². The summed E-state index contributed by atoms with van der Waals surface area (Å²) in [6, 6.07) is 12.3. The van der Waals surface area contributed by atoms with E-state index in [1.807, 2.05) is 32.0 Å². The van der Waals surface area contributed by atoms with Gasteiger partial charge in [-0.25, -0.2) is 4.39 Å². The molecule has 122 valence electrons. The van der Waals surface area contributed by atoms with Crippen LogP contribution >= 0.6 is 11.8 Å². The Balaban J connectivity index is 1.69. The maximum Gasteiger partial charge on any atom is 0.234 e. The van der Waals surface area contributed by atoms with Gasteiger partial charge < -0.3 is 10.1 Å². The van der Waals surface area contributed by atoms with Gasteiger partial charge in [-0.05, 0) is 43.2 Å². The van der Waals surface area contributed by atoms with Gasteiger partial charge in [-0.1, -0.05) is 24.3 Å². The van der Waals surface area contributed by atoms with E-state index >= 15 is 0 Å². The summed E-state index contributed by atoms with van der Waals surface area (Å²) < 4.78 is 18.7. The lowest BCUT2D eigenvalue weighted by Gasteiger charge is -2.10. The highest BCUT2D eigenvalue weighted by Gasteiger charge is 2.06. The number of para-hydroxylation sites is 1. The molecular weight excluding hydrogens is 313 g/mol. The fraction of sp³-hybridized carbons (Fsp3) is 0.278. The lowest BCUT2D eigenvalue weighted by atomic mass is 10.1. The van der Waals surface area contributed by atoms with E-state index in [1.165, 1.54) is 17.8 Å². The molecule has 0 aliphatic heterocycles. The molecule has 0 saturated heterocycles. The Morgan fingerprint density at radius 2 is 2.00 bits per heavy atom. The standard InChI is InChI=1S/C18H20FNO2S/c1-13-7-8-14(2)16(11-13)20-18(21)12-23-10-9-22-17-6-4-3-5-15(17)19/h3-8,11H,9-10,12H2,1-2H3,(H,20,21). The highest BCUT2D eigenvalue weighted by molar-refractivity contribution is 7.99. The number of rotatable bonds is 7. The van der Waals surface area contributed by atoms with E-state index in [1.54, 1.807) is 18.2 Å². The van der Waals surface area contributed by atoms with Crippen LogP contribution in [-0.2, 0) is 4.79 Å². The van der Waals surface area contributed by atoms with E-state index in [-0.39, 0.29) is 17.5 Å². The van der Waals surface area contributed by atoms with Gasteiger partial charge in [0.2, 0.25) is 5.91 Å². The van der Waals surface area contributed by atoms with Crippen LogP contribution in [0.5, 0.6) is 5.75 Å². The summed E-state index contributed by atoms with van der Waals surface area (Å²) in [5, 5.41) is 2.91. The molecule has 0 saturated carbocycles. The van der Waals surface area contributed by atoms with Gasteiger partial charge in [0.05, 0.1) is 12.4 Å². The third-order valence-electron chi connectivity index (χ3n) is 3.22. The smallest absolute Gasteiger partial charge is 0.234 e. The summed E-state index contributed by atoms with van der Waals surface area (Å²) in [5.41, 5.74) is 2.99. The minimum atomic E-state index is -0.370. The molecule has 23 heavy (non-hydrogen) atoms. The number of aryl methyl sites for hydroxylation is 2. The molecule has 0 bridgehead atoms. The second-order valence-corrected chi connectivity index (χ2v) is 6.30. The number of hydrogen-bond acceptors (Lipinski definition) is 3. The van der Waals surface area contributed by atoms with Crippen molar-refractivity contribution in [3.63, 3.8) is 0 Å². The third-order valence-corrected chi connectivity index (χ3v) is 4.14. The number of anilines is 1. The Labute approximate surface area is 140 Å². The summed E-state index contributed by atoms with van der Waals surface area (Å²) in [6.45, 7) is 4.32. The van der Waals surface area contributed by atoms with Crippen molar-refractivity contribution in [3.8, 4) is 5.75 Å². The van der Waals surface area contributed by atoms with Gasteiger partial charge in [0, 0.05) is 11.4 Å². The fourth-order valence-electron chi connectivity index (χ4n) is 1.99. The van der Waals surface area contributed by atoms with Crippen molar-refractivity contribution >= 4 is 23.4 Å². The predicted molar refractivity (Wildman–Crippen MR) is 93.8 cm³/mol. The van der Waals surface area contributed by atoms with Crippen LogP contribution in [0.15, 0.2) is 42.5 Å². The lowest BCUT2D eigenvalue weighted by Crippen LogP contribution is -2.16. The van der Waals surface area contributed by atoms with Crippen molar-refractivity contribution in [2.45, 2.75) is 13.8 Å². The van der Waals surface area contributed by atoms with E-state index in [2.05, 4.69) is 5.32 Å². The summed E-state index contributed by atoms with van der Waals surface area (Å²) in [6.07, 6.45) is 0. The largest absolute Gasteiger partial charge is 0.490 e. The summed E-state index contributed by atoms with van der Waals surface area (Å²) in [5.74, 6) is 0.787. The van der Waals surface area contributed by atoms with Gasteiger partial charge >= 0.3 is 0 Å². The van der Waals surface area contributed by atoms with Crippen molar-refractivity contribution in [1.82, 2.24) is 0 Å². The van der Waals surface area contributed by atoms with Gasteiger partial charge in [0.1, 0.15) is 0 Å². The molecule has 0 aliphatic carbocycles. The monoisotopic (exact) mass is 333 g/mol. The SMILES string of the molecule is Cc1ccc(C)c(NC(=O)CSCCOc2ccccc2F)c1. The Bertz CT molecular complexity index is 676. The van der Waals surface area contributed by atoms with Gasteiger partial charge in [0.25, 0.3) is 0 Å². The maximum absolute atomic E-state index is 13.3. The zero-order valence-electron chi connectivity index (χ0n) is 13.3. The quantitative estimate of drug-likeness (QED) is 0.772. The molecule has 0 fully saturated rings. The Kier molecular flexibility index (Phi) is 6.47. The van der Waals surface area contributed by atoms with Crippen molar-refractivity contribution in [2.24, 2.45) is 0 Å². The van der Waals surface area contributed by atoms with Crippen LogP contribution < -0.4 is 10.1 Å². The molecule has 0 atom stereocenters. The van der Waals surface area contributed by atoms with Gasteiger partial charge in [0.15, 0.2) is 11.6 Å². The number of thioether (sulfide) groups is 1. The van der Waals surface area contributed by atoms with Crippen LogP contribution in [0, 0.1) is 19.7 Å². The molecular formula is C18H20FNO2S. The molecule has 2 aromatic carbocycles. The molecule has 0 spiro atoms. The minimum Gasteiger partial charge on any atom is -0.490 e. The van der Waals surface area contributed by atoms with Crippen molar-refractivity contribution < 1.29 is 13.9 Å². The van der Waals surface area contributed by atoms with Crippen LogP contribution in [0.1, 0.15) is 11.1 Å². The van der Waals surface area contributed by atoms with Gasteiger partial charge in [-0.2, -0.15) is 0 Å². The van der Waals surface area contributed by atoms with Gasteiger partial charge in [-0.3, -0.25) is 4.79 Å². The molecule has 3 nitrogen and oxygen atoms in total. The molecule has 1 amide bonds. The Hall–Kier alpha value is -2.01. The molecule has 0 heterocycles. The molecule has 0 unspecified atom stereocenters. The highest BCUT2D eigenvalue weighted by atomic mass is 32.2. The first kappa shape index (κ1) is 17.3. The molecule has 5 heteroatoms. The van der Waals surface area contributed by atoms with Crippen LogP contribution in [0.2, 0.25) is 0 Å². The fourth-order valence-corrected chi connectivity index (χ4v) is 2.60. The van der Waals surface area contributed by atoms with Crippen LogP contribution in [0.25, 0.3) is 0 Å². The van der Waals surface area contributed by atoms with E-state index < -0.39 is 0 Å². The van der Waals surface area contributed by atoms with Crippen molar-refractivity contribution in [3.05, 3.63) is 59.4 Å². The number of carbonyl (C=O) groups is 1. The average molecular weight is 333 g/mol. The number of hydrogen-bond donors (Lipinski definition) is 1. The molecule has 2 rings (SSSR count). The number of halogens is 1. The number of carbonyl (C=O) groups excluding carboxylic acids is 1. The normalized spacial score (nSPS) is 10.4. The van der Waals surface area contributed by atoms with Crippen molar-refractivity contribution in [2.75, 3.05) is 23.4 Å². The van der Waals surface area contributed by atoms with Crippen LogP contribution in [0.3, 0.4) is 0 Å². The number of amides is 1. The molecule has 0 radical (unpaired) electrons. The highest BCUT2D eigenvalue weighted by Crippen LogP contribution is 2.17. The van der Waals surface area contributed by atoms with Crippen LogP contribution in [0.4, 0.5) is 10.1 Å². The first-order valence-corrected chi connectivity index (χ1v) is 8.54. The Morgan fingerprint density at radius 1 is 1.22 bits per heavy atom. The minimum absolute atomic E-state index is 0.0467. The van der Waals surface area contributed by atoms with E-state index in [4.69, 9.17) is 4.74 Å². The molecule has 2 aromatic rings. The van der Waals surface area contributed by atoms with E-state index in [0.717, 1.165) is 16.8 Å². The zero-order valence-corrected chi connectivity index (χ0v) is 14.1. The third kappa shape index (κ3) is 5.60.